The number of amides is 1. The third-order valence-corrected chi connectivity index (χ3v) is 7.18. The fraction of sp³-hybridized carbons (Fsp3) is 0.323. The van der Waals surface area contributed by atoms with Crippen molar-refractivity contribution in [2.45, 2.75) is 13.3 Å². The van der Waals surface area contributed by atoms with Gasteiger partial charge in [0, 0.05) is 55.9 Å². The van der Waals surface area contributed by atoms with E-state index in [2.05, 4.69) is 45.0 Å². The van der Waals surface area contributed by atoms with E-state index in [0.29, 0.717) is 42.2 Å². The minimum absolute atomic E-state index is 0.299. The fourth-order valence-corrected chi connectivity index (χ4v) is 4.86. The molecule has 0 aliphatic carbocycles. The molecule has 3 aromatic rings. The highest BCUT2D eigenvalue weighted by molar-refractivity contribution is 5.98. The van der Waals surface area contributed by atoms with Crippen LogP contribution in [0.3, 0.4) is 0 Å². The summed E-state index contributed by atoms with van der Waals surface area (Å²) >= 11 is 0. The summed E-state index contributed by atoms with van der Waals surface area (Å²) in [5, 5.41) is 6.06. The van der Waals surface area contributed by atoms with Crippen molar-refractivity contribution in [3.63, 3.8) is 0 Å². The van der Waals surface area contributed by atoms with Crippen LogP contribution in [0, 0.1) is 0 Å². The summed E-state index contributed by atoms with van der Waals surface area (Å²) in [6, 6.07) is 13.3. The van der Waals surface area contributed by atoms with Crippen molar-refractivity contribution in [1.29, 1.82) is 0 Å². The molecular formula is C31H36N6O4. The van der Waals surface area contributed by atoms with E-state index in [1.54, 1.807) is 31.5 Å². The van der Waals surface area contributed by atoms with E-state index in [0.717, 1.165) is 61.7 Å². The Kier molecular flexibility index (Phi) is 9.12. The van der Waals surface area contributed by atoms with Gasteiger partial charge in [0.25, 0.3) is 0 Å². The number of rotatable bonds is 10. The van der Waals surface area contributed by atoms with Gasteiger partial charge in [-0.2, -0.15) is 4.98 Å². The van der Waals surface area contributed by atoms with Gasteiger partial charge < -0.3 is 34.6 Å². The quantitative estimate of drug-likeness (QED) is 0.331. The van der Waals surface area contributed by atoms with E-state index < -0.39 is 0 Å². The van der Waals surface area contributed by atoms with Gasteiger partial charge in [-0.05, 0) is 48.9 Å². The smallest absolute Gasteiger partial charge is 0.247 e. The number of nitrogens with zero attached hydrogens (tertiary/aromatic N) is 4. The van der Waals surface area contributed by atoms with Crippen LogP contribution in [0.4, 0.5) is 23.0 Å². The molecule has 5 rings (SSSR count). The number of carbonyl (C=O) groups excluding carboxylic acids is 1. The van der Waals surface area contributed by atoms with Gasteiger partial charge in [-0.25, -0.2) is 4.98 Å². The van der Waals surface area contributed by atoms with E-state index in [9.17, 15) is 4.79 Å². The first-order valence-corrected chi connectivity index (χ1v) is 13.8. The normalized spacial score (nSPS) is 15.6. The first-order valence-electron chi connectivity index (χ1n) is 13.8. The van der Waals surface area contributed by atoms with Gasteiger partial charge in [-0.15, -0.1) is 0 Å². The first kappa shape index (κ1) is 28.1. The third kappa shape index (κ3) is 7.03. The predicted octanol–water partition coefficient (Wildman–Crippen LogP) is 5.09. The lowest BCUT2D eigenvalue weighted by atomic mass is 10.0. The molecule has 1 saturated heterocycles. The fourth-order valence-electron chi connectivity index (χ4n) is 4.86. The number of aromatic nitrogens is 2. The Labute approximate surface area is 240 Å². The second kappa shape index (κ2) is 13.3. The molecule has 10 nitrogen and oxygen atoms in total. The molecule has 0 bridgehead atoms. The maximum atomic E-state index is 11.8. The zero-order chi connectivity index (χ0) is 28.6. The molecule has 2 N–H and O–H groups in total. The highest BCUT2D eigenvalue weighted by atomic mass is 16.5. The lowest BCUT2D eigenvalue weighted by Crippen LogP contribution is -2.46. The van der Waals surface area contributed by atoms with Gasteiger partial charge in [0.05, 0.1) is 31.6 Å². The lowest BCUT2D eigenvalue weighted by molar-refractivity contribution is -0.111. The van der Waals surface area contributed by atoms with Crippen LogP contribution >= 0.6 is 0 Å². The minimum Gasteiger partial charge on any atom is -0.494 e. The number of anilines is 4. The van der Waals surface area contributed by atoms with E-state index in [1.807, 2.05) is 24.3 Å². The Balaban J connectivity index is 1.40. The molecule has 1 aromatic heterocycles. The second-order valence-corrected chi connectivity index (χ2v) is 9.72. The van der Waals surface area contributed by atoms with Gasteiger partial charge in [0.2, 0.25) is 17.7 Å². The molecule has 0 radical (unpaired) electrons. The third-order valence-electron chi connectivity index (χ3n) is 7.18. The van der Waals surface area contributed by atoms with Crippen LogP contribution in [0.25, 0.3) is 5.57 Å². The van der Waals surface area contributed by atoms with Crippen LogP contribution in [0.5, 0.6) is 17.4 Å². The van der Waals surface area contributed by atoms with Crippen molar-refractivity contribution in [2.24, 2.45) is 0 Å². The molecule has 2 aromatic carbocycles. The number of methoxy groups -OCH3 is 1. The molecule has 41 heavy (non-hydrogen) atoms. The molecule has 1 amide bonds. The number of likely N-dealkylation sites (N-methyl/N-ethyl adjacent to an activating group) is 1. The Morgan fingerprint density at radius 1 is 1.17 bits per heavy atom. The molecular weight excluding hydrogens is 520 g/mol. The number of hydrogen-bond donors (Lipinski definition) is 2. The summed E-state index contributed by atoms with van der Waals surface area (Å²) in [4.78, 5) is 26.0. The Hall–Kier alpha value is -4.41. The number of benzene rings is 2. The van der Waals surface area contributed by atoms with Crippen molar-refractivity contribution in [2.75, 3.05) is 68.6 Å². The molecule has 1 fully saturated rings. The van der Waals surface area contributed by atoms with Gasteiger partial charge in [-0.3, -0.25) is 4.79 Å². The molecule has 2 aliphatic rings. The predicted molar refractivity (Wildman–Crippen MR) is 161 cm³/mol. The molecule has 0 unspecified atom stereocenters. The van der Waals surface area contributed by atoms with Crippen LogP contribution < -0.4 is 25.0 Å². The standard InChI is InChI=1S/C31H36N6O4/c1-4-29(38)33-23-7-6-8-25(19-23)41-30-26(22-11-17-40-18-12-22)21-32-31(35-30)34-27-10-9-24(20-28(27)39-3)37-15-13-36(5-2)14-16-37/h4,6-11,19-21H,1,5,12-18H2,2-3H3,(H,33,38)(H,32,34,35). The maximum Gasteiger partial charge on any atom is 0.247 e. The molecule has 3 heterocycles. The summed E-state index contributed by atoms with van der Waals surface area (Å²) in [7, 11) is 1.66. The van der Waals surface area contributed by atoms with Crippen molar-refractivity contribution in [3.05, 3.63) is 73.0 Å². The summed E-state index contributed by atoms with van der Waals surface area (Å²) in [5.41, 5.74) is 4.30. The van der Waals surface area contributed by atoms with Gasteiger partial charge >= 0.3 is 0 Å². The highest BCUT2D eigenvalue weighted by Gasteiger charge is 2.19. The van der Waals surface area contributed by atoms with Gasteiger partial charge in [-0.1, -0.05) is 25.6 Å². The van der Waals surface area contributed by atoms with E-state index in [1.165, 1.54) is 6.08 Å². The zero-order valence-electron chi connectivity index (χ0n) is 23.6. The van der Waals surface area contributed by atoms with Crippen LogP contribution in [-0.4, -0.2) is 73.8 Å². The van der Waals surface area contributed by atoms with Crippen molar-refractivity contribution < 1.29 is 19.0 Å². The monoisotopic (exact) mass is 556 g/mol. The van der Waals surface area contributed by atoms with Crippen molar-refractivity contribution in [3.8, 4) is 17.4 Å². The molecule has 214 valence electrons. The number of piperazine rings is 1. The Morgan fingerprint density at radius 3 is 2.76 bits per heavy atom. The first-order chi connectivity index (χ1) is 20.1. The van der Waals surface area contributed by atoms with E-state index in [4.69, 9.17) is 19.2 Å². The van der Waals surface area contributed by atoms with Crippen molar-refractivity contribution in [1.82, 2.24) is 14.9 Å². The SMILES string of the molecule is C=CC(=O)Nc1cccc(Oc2nc(Nc3ccc(N4CCN(CC)CC4)cc3OC)ncc2C2=CCOCC2)c1. The second-order valence-electron chi connectivity index (χ2n) is 9.72. The average molecular weight is 557 g/mol. The molecule has 0 saturated carbocycles. The van der Waals surface area contributed by atoms with Crippen LogP contribution in [0.2, 0.25) is 0 Å². The van der Waals surface area contributed by atoms with Crippen LogP contribution in [0.1, 0.15) is 18.9 Å². The van der Waals surface area contributed by atoms with E-state index in [-0.39, 0.29) is 5.91 Å². The van der Waals surface area contributed by atoms with Crippen molar-refractivity contribution >= 4 is 34.5 Å². The highest BCUT2D eigenvalue weighted by Crippen LogP contribution is 2.35. The Bertz CT molecular complexity index is 1420. The largest absolute Gasteiger partial charge is 0.494 e. The topological polar surface area (TPSA) is 101 Å². The van der Waals surface area contributed by atoms with E-state index >= 15 is 0 Å². The lowest BCUT2D eigenvalue weighted by Gasteiger charge is -2.35. The number of carbonyl (C=O) groups is 1. The zero-order valence-corrected chi connectivity index (χ0v) is 23.6. The number of nitrogens with one attached hydrogen (secondary N) is 2. The minimum atomic E-state index is -0.299. The average Bonchev–Trinajstić information content (AvgIpc) is 3.02. The molecule has 0 atom stereocenters. The summed E-state index contributed by atoms with van der Waals surface area (Å²) < 4.78 is 17.5. The number of ether oxygens (including phenoxy) is 3. The molecule has 10 heteroatoms. The number of hydrogen-bond acceptors (Lipinski definition) is 9. The van der Waals surface area contributed by atoms with Crippen LogP contribution in [-0.2, 0) is 9.53 Å². The van der Waals surface area contributed by atoms with Gasteiger partial charge in [0.15, 0.2) is 0 Å². The summed E-state index contributed by atoms with van der Waals surface area (Å²) in [5.74, 6) is 1.69. The summed E-state index contributed by atoms with van der Waals surface area (Å²) in [6.45, 7) is 12.0. The summed E-state index contributed by atoms with van der Waals surface area (Å²) in [6.07, 6.45) is 5.73. The van der Waals surface area contributed by atoms with Crippen LogP contribution in [0.15, 0.2) is 67.4 Å². The molecule has 2 aliphatic heterocycles. The molecule has 0 spiro atoms. The Morgan fingerprint density at radius 2 is 2.02 bits per heavy atom. The van der Waals surface area contributed by atoms with Gasteiger partial charge in [0.1, 0.15) is 11.5 Å². The maximum absolute atomic E-state index is 11.8.